The first kappa shape index (κ1) is 11.6. The monoisotopic (exact) mass is 237 g/mol. The summed E-state index contributed by atoms with van der Waals surface area (Å²) in [7, 11) is 3.02. The number of benzene rings is 1. The highest BCUT2D eigenvalue weighted by atomic mass is 16.5. The third-order valence-corrected chi connectivity index (χ3v) is 2.91. The van der Waals surface area contributed by atoms with Crippen molar-refractivity contribution < 1.29 is 19.4 Å². The fourth-order valence-electron chi connectivity index (χ4n) is 2.15. The van der Waals surface area contributed by atoms with Gasteiger partial charge in [-0.25, -0.2) is 4.79 Å². The van der Waals surface area contributed by atoms with E-state index in [9.17, 15) is 4.79 Å². The summed E-state index contributed by atoms with van der Waals surface area (Å²) in [6.45, 7) is 0.815. The van der Waals surface area contributed by atoms with E-state index in [-0.39, 0.29) is 5.56 Å². The summed E-state index contributed by atoms with van der Waals surface area (Å²) in [6, 6.07) is 1.52. The fraction of sp³-hybridized carbons (Fsp3) is 0.417. The molecule has 0 spiro atoms. The maximum absolute atomic E-state index is 11.2. The van der Waals surface area contributed by atoms with E-state index in [0.717, 1.165) is 30.6 Å². The summed E-state index contributed by atoms with van der Waals surface area (Å²) in [5.41, 5.74) is 1.86. The van der Waals surface area contributed by atoms with Gasteiger partial charge in [-0.2, -0.15) is 0 Å². The van der Waals surface area contributed by atoms with Crippen molar-refractivity contribution in [2.75, 3.05) is 26.1 Å². The van der Waals surface area contributed by atoms with Gasteiger partial charge in [0.25, 0.3) is 0 Å². The Bertz CT molecular complexity index is 456. The van der Waals surface area contributed by atoms with Crippen LogP contribution in [0.2, 0.25) is 0 Å². The molecule has 0 aromatic heterocycles. The number of carbonyl (C=O) groups is 1. The number of hydrogen-bond donors (Lipinski definition) is 2. The summed E-state index contributed by atoms with van der Waals surface area (Å²) in [5.74, 6) is -0.0336. The lowest BCUT2D eigenvalue weighted by atomic mass is 9.98. The van der Waals surface area contributed by atoms with E-state index in [1.807, 2.05) is 0 Å². The van der Waals surface area contributed by atoms with E-state index in [4.69, 9.17) is 14.6 Å². The highest BCUT2D eigenvalue weighted by Gasteiger charge is 2.24. The molecule has 5 heteroatoms. The maximum Gasteiger partial charge on any atom is 0.339 e. The van der Waals surface area contributed by atoms with Crippen molar-refractivity contribution in [1.82, 2.24) is 0 Å². The average molecular weight is 237 g/mol. The molecular formula is C12H15NO4. The number of hydrogen-bond acceptors (Lipinski definition) is 4. The highest BCUT2D eigenvalue weighted by Crippen LogP contribution is 2.41. The van der Waals surface area contributed by atoms with Crippen molar-refractivity contribution in [3.8, 4) is 11.5 Å². The van der Waals surface area contributed by atoms with E-state index < -0.39 is 5.97 Å². The number of carboxylic acids is 1. The molecule has 0 bridgehead atoms. The van der Waals surface area contributed by atoms with Crippen LogP contribution in [0.4, 0.5) is 5.69 Å². The predicted molar refractivity (Wildman–Crippen MR) is 63.3 cm³/mol. The van der Waals surface area contributed by atoms with E-state index in [2.05, 4.69) is 5.32 Å². The lowest BCUT2D eigenvalue weighted by Gasteiger charge is -2.23. The number of fused-ring (bicyclic) bond motifs is 1. The van der Waals surface area contributed by atoms with Gasteiger partial charge in [-0.1, -0.05) is 0 Å². The molecule has 1 heterocycles. The Morgan fingerprint density at radius 1 is 1.41 bits per heavy atom. The standard InChI is InChI=1S/C12H15NO4/c1-16-9-6-8(12(14)15)11(17-2)10-7(9)4-3-5-13-10/h6,13H,3-5H2,1-2H3,(H,14,15). The highest BCUT2D eigenvalue weighted by molar-refractivity contribution is 5.95. The Labute approximate surface area is 99.3 Å². The zero-order chi connectivity index (χ0) is 12.4. The number of carboxylic acid groups (broad SMARTS) is 1. The molecule has 0 saturated heterocycles. The van der Waals surface area contributed by atoms with Gasteiger partial charge in [0.15, 0.2) is 5.75 Å². The zero-order valence-electron chi connectivity index (χ0n) is 9.87. The molecule has 1 aromatic carbocycles. The molecule has 0 atom stereocenters. The number of methoxy groups -OCH3 is 2. The van der Waals surface area contributed by atoms with Crippen LogP contribution >= 0.6 is 0 Å². The van der Waals surface area contributed by atoms with Crippen LogP contribution in [-0.4, -0.2) is 31.8 Å². The van der Waals surface area contributed by atoms with Gasteiger partial charge in [0.1, 0.15) is 11.3 Å². The van der Waals surface area contributed by atoms with Gasteiger partial charge in [0.2, 0.25) is 0 Å². The van der Waals surface area contributed by atoms with Gasteiger partial charge >= 0.3 is 5.97 Å². The molecule has 2 N–H and O–H groups in total. The summed E-state index contributed by atoms with van der Waals surface area (Å²) in [5, 5.41) is 12.3. The normalized spacial score (nSPS) is 13.5. The SMILES string of the molecule is COc1cc(C(=O)O)c(OC)c2c1CCCN2. The minimum atomic E-state index is -1.02. The predicted octanol–water partition coefficient (Wildman–Crippen LogP) is 1.76. The summed E-state index contributed by atoms with van der Waals surface area (Å²) < 4.78 is 10.4. The van der Waals surface area contributed by atoms with E-state index >= 15 is 0 Å². The van der Waals surface area contributed by atoms with Gasteiger partial charge in [0.05, 0.1) is 19.9 Å². The minimum absolute atomic E-state index is 0.123. The fourth-order valence-corrected chi connectivity index (χ4v) is 2.15. The van der Waals surface area contributed by atoms with Crippen LogP contribution in [0.3, 0.4) is 0 Å². The summed E-state index contributed by atoms with van der Waals surface area (Å²) in [4.78, 5) is 11.2. The molecule has 5 nitrogen and oxygen atoms in total. The van der Waals surface area contributed by atoms with Crippen LogP contribution in [0.15, 0.2) is 6.07 Å². The van der Waals surface area contributed by atoms with Crippen molar-refractivity contribution in [3.63, 3.8) is 0 Å². The first-order valence-electron chi connectivity index (χ1n) is 5.44. The minimum Gasteiger partial charge on any atom is -0.496 e. The second-order valence-electron chi connectivity index (χ2n) is 3.85. The van der Waals surface area contributed by atoms with Gasteiger partial charge < -0.3 is 19.9 Å². The van der Waals surface area contributed by atoms with Crippen molar-refractivity contribution in [3.05, 3.63) is 17.2 Å². The van der Waals surface area contributed by atoms with Crippen LogP contribution in [-0.2, 0) is 6.42 Å². The molecule has 0 unspecified atom stereocenters. The number of anilines is 1. The van der Waals surface area contributed by atoms with Gasteiger partial charge in [-0.05, 0) is 18.9 Å². The Kier molecular flexibility index (Phi) is 3.08. The first-order chi connectivity index (χ1) is 8.19. The molecule has 0 aliphatic carbocycles. The van der Waals surface area contributed by atoms with Gasteiger partial charge in [0, 0.05) is 12.1 Å². The lowest BCUT2D eigenvalue weighted by Crippen LogP contribution is -2.16. The maximum atomic E-state index is 11.2. The third kappa shape index (κ3) is 1.88. The molecule has 92 valence electrons. The molecule has 0 amide bonds. The molecule has 1 aromatic rings. The summed E-state index contributed by atoms with van der Waals surface area (Å²) >= 11 is 0. The molecule has 1 aliphatic rings. The summed E-state index contributed by atoms with van der Waals surface area (Å²) in [6.07, 6.45) is 1.86. The Morgan fingerprint density at radius 3 is 2.76 bits per heavy atom. The van der Waals surface area contributed by atoms with Crippen LogP contribution in [0.1, 0.15) is 22.3 Å². The van der Waals surface area contributed by atoms with Crippen LogP contribution < -0.4 is 14.8 Å². The number of ether oxygens (including phenoxy) is 2. The number of rotatable bonds is 3. The Balaban J connectivity index is 2.67. The van der Waals surface area contributed by atoms with Gasteiger partial charge in [-0.3, -0.25) is 0 Å². The van der Waals surface area contributed by atoms with Crippen LogP contribution in [0, 0.1) is 0 Å². The molecule has 1 aliphatic heterocycles. The largest absolute Gasteiger partial charge is 0.496 e. The van der Waals surface area contributed by atoms with Gasteiger partial charge in [-0.15, -0.1) is 0 Å². The van der Waals surface area contributed by atoms with Crippen LogP contribution in [0.25, 0.3) is 0 Å². The Morgan fingerprint density at radius 2 is 2.18 bits per heavy atom. The topological polar surface area (TPSA) is 67.8 Å². The average Bonchev–Trinajstić information content (AvgIpc) is 2.36. The second-order valence-corrected chi connectivity index (χ2v) is 3.85. The first-order valence-corrected chi connectivity index (χ1v) is 5.44. The zero-order valence-corrected chi connectivity index (χ0v) is 9.87. The van der Waals surface area contributed by atoms with Crippen LogP contribution in [0.5, 0.6) is 11.5 Å². The second kappa shape index (κ2) is 4.53. The van der Waals surface area contributed by atoms with Crippen molar-refractivity contribution in [2.45, 2.75) is 12.8 Å². The quantitative estimate of drug-likeness (QED) is 0.838. The van der Waals surface area contributed by atoms with Crippen molar-refractivity contribution in [2.24, 2.45) is 0 Å². The molecule has 0 fully saturated rings. The number of nitrogens with one attached hydrogen (secondary N) is 1. The molecular weight excluding hydrogens is 222 g/mol. The van der Waals surface area contributed by atoms with E-state index in [1.54, 1.807) is 7.11 Å². The third-order valence-electron chi connectivity index (χ3n) is 2.91. The lowest BCUT2D eigenvalue weighted by molar-refractivity contribution is 0.0693. The van der Waals surface area contributed by atoms with E-state index in [1.165, 1.54) is 13.2 Å². The smallest absolute Gasteiger partial charge is 0.339 e. The number of aromatic carboxylic acids is 1. The molecule has 0 saturated carbocycles. The molecule has 17 heavy (non-hydrogen) atoms. The Hall–Kier alpha value is -1.91. The molecule has 0 radical (unpaired) electrons. The van der Waals surface area contributed by atoms with Crippen molar-refractivity contribution >= 4 is 11.7 Å². The molecule has 2 rings (SSSR count). The van der Waals surface area contributed by atoms with Crippen molar-refractivity contribution in [1.29, 1.82) is 0 Å². The van der Waals surface area contributed by atoms with E-state index in [0.29, 0.717) is 11.5 Å².